The number of nitrogens with one attached hydrogen (secondary N) is 2. The molecule has 232 valence electrons. The molecule has 0 saturated carbocycles. The molecule has 43 heavy (non-hydrogen) atoms. The van der Waals surface area contributed by atoms with Gasteiger partial charge in [-0.25, -0.2) is 0 Å². The predicted molar refractivity (Wildman–Crippen MR) is 174 cm³/mol. The molecule has 0 atom stereocenters. The zero-order chi connectivity index (χ0) is 29.7. The zero-order valence-corrected chi connectivity index (χ0v) is 26.4. The molecule has 0 unspecified atom stereocenters. The predicted octanol–water partition coefficient (Wildman–Crippen LogP) is 5.65. The lowest BCUT2D eigenvalue weighted by Crippen LogP contribution is -2.25. The van der Waals surface area contributed by atoms with Crippen LogP contribution in [0.3, 0.4) is 0 Å². The molecule has 3 heterocycles. The van der Waals surface area contributed by atoms with E-state index in [0.29, 0.717) is 32.1 Å². The van der Waals surface area contributed by atoms with Crippen LogP contribution in [0.25, 0.3) is 16.5 Å². The highest BCUT2D eigenvalue weighted by molar-refractivity contribution is 6.99. The largest absolute Gasteiger partial charge is 0.475 e. The topological polar surface area (TPSA) is 102 Å². The first kappa shape index (κ1) is 31.3. The van der Waals surface area contributed by atoms with E-state index in [1.54, 1.807) is 0 Å². The molecule has 9 nitrogen and oxygen atoms in total. The minimum absolute atomic E-state index is 0.127. The van der Waals surface area contributed by atoms with Crippen molar-refractivity contribution in [3.63, 3.8) is 0 Å². The van der Waals surface area contributed by atoms with Gasteiger partial charge in [0.25, 0.3) is 5.88 Å². The van der Waals surface area contributed by atoms with Crippen LogP contribution in [0, 0.1) is 0 Å². The van der Waals surface area contributed by atoms with E-state index < -0.39 is 0 Å². The number of likely N-dealkylation sites (N-methyl/N-ethyl adjacent to an activating group) is 1. The molecule has 1 aromatic carbocycles. The lowest BCUT2D eigenvalue weighted by Gasteiger charge is -2.22. The van der Waals surface area contributed by atoms with E-state index in [1.165, 1.54) is 52.5 Å². The third kappa shape index (κ3) is 9.20. The number of carbonyl (C=O) groups is 1. The van der Waals surface area contributed by atoms with Crippen molar-refractivity contribution in [3.8, 4) is 5.88 Å². The molecule has 0 radical (unpaired) electrons. The van der Waals surface area contributed by atoms with Crippen LogP contribution in [-0.2, 0) is 22.4 Å². The standard InChI is InChI=1S/C33H46N6O3S/c1-39-20-10-12-25(24-39)31-33(38-43-37-31)42-23-11-22-41-21-9-6-17-30(40)34-18-7-8-19-35-32-26-13-2-4-15-28(26)36-29-16-5-3-14-27(29)32/h2,4,12-13,15H,3,5-11,14,16-24H2,1H3,(H,34,40)(H,35,36). The van der Waals surface area contributed by atoms with Crippen LogP contribution >= 0.6 is 11.7 Å². The minimum atomic E-state index is 0.127. The lowest BCUT2D eigenvalue weighted by molar-refractivity contribution is -0.121. The van der Waals surface area contributed by atoms with Crippen molar-refractivity contribution in [3.05, 3.63) is 47.3 Å². The van der Waals surface area contributed by atoms with Crippen LogP contribution in [0.15, 0.2) is 30.3 Å². The number of aryl methyl sites for hydroxylation is 1. The van der Waals surface area contributed by atoms with E-state index in [1.807, 2.05) is 0 Å². The number of unbranched alkanes of at least 4 members (excludes halogenated alkanes) is 2. The van der Waals surface area contributed by atoms with Crippen molar-refractivity contribution in [1.82, 2.24) is 23.9 Å². The highest BCUT2D eigenvalue weighted by Gasteiger charge is 2.19. The highest BCUT2D eigenvalue weighted by atomic mass is 32.1. The summed E-state index contributed by atoms with van der Waals surface area (Å²) in [5.74, 6) is 0.761. The van der Waals surface area contributed by atoms with E-state index in [0.717, 1.165) is 88.8 Å². The monoisotopic (exact) mass is 606 g/mol. The fourth-order valence-corrected chi connectivity index (χ4v) is 6.34. The molecule has 0 fully saturated rings. The average molecular weight is 607 g/mol. The summed E-state index contributed by atoms with van der Waals surface area (Å²) in [6, 6.07) is 8.44. The third-order valence-electron chi connectivity index (χ3n) is 8.12. The normalized spacial score (nSPS) is 15.2. The van der Waals surface area contributed by atoms with E-state index in [-0.39, 0.29) is 5.91 Å². The number of hydrogen-bond acceptors (Lipinski definition) is 9. The van der Waals surface area contributed by atoms with Crippen molar-refractivity contribution in [2.24, 2.45) is 0 Å². The molecule has 0 bridgehead atoms. The van der Waals surface area contributed by atoms with Crippen molar-refractivity contribution in [1.29, 1.82) is 0 Å². The number of rotatable bonds is 17. The Morgan fingerprint density at radius 2 is 1.86 bits per heavy atom. The van der Waals surface area contributed by atoms with Gasteiger partial charge in [-0.05, 0) is 82.0 Å². The van der Waals surface area contributed by atoms with Gasteiger partial charge in [0.1, 0.15) is 5.69 Å². The number of pyridine rings is 1. The van der Waals surface area contributed by atoms with E-state index in [9.17, 15) is 4.79 Å². The number of anilines is 1. The summed E-state index contributed by atoms with van der Waals surface area (Å²) in [5, 5.41) is 8.00. The fraction of sp³-hybridized carbons (Fsp3) is 0.576. The number of benzene rings is 1. The molecular weight excluding hydrogens is 560 g/mol. The van der Waals surface area contributed by atoms with Crippen molar-refractivity contribution in [2.75, 3.05) is 58.4 Å². The summed E-state index contributed by atoms with van der Waals surface area (Å²) in [5.41, 5.74) is 7.09. The Kier molecular flexibility index (Phi) is 12.2. The smallest absolute Gasteiger partial charge is 0.253 e. The summed E-state index contributed by atoms with van der Waals surface area (Å²) in [7, 11) is 2.12. The van der Waals surface area contributed by atoms with Gasteiger partial charge in [-0.3, -0.25) is 9.78 Å². The SMILES string of the molecule is CN1CCC=C(c2nsnc2OCCCOCCCCC(=O)NCCCCNc2c3c(nc4ccccc24)CCCC3)C1. The van der Waals surface area contributed by atoms with Crippen molar-refractivity contribution >= 4 is 39.8 Å². The molecule has 2 N–H and O–H groups in total. The van der Waals surface area contributed by atoms with Gasteiger partial charge >= 0.3 is 0 Å². The van der Waals surface area contributed by atoms with Gasteiger partial charge in [0.05, 0.1) is 23.9 Å². The van der Waals surface area contributed by atoms with E-state index >= 15 is 0 Å². The molecular formula is C33H46N6O3S. The zero-order valence-electron chi connectivity index (χ0n) is 25.5. The lowest BCUT2D eigenvalue weighted by atomic mass is 9.92. The summed E-state index contributed by atoms with van der Waals surface area (Å²) in [6.07, 6.45) is 12.9. The second-order valence-electron chi connectivity index (χ2n) is 11.6. The Bertz CT molecular complexity index is 1360. The first-order valence-electron chi connectivity index (χ1n) is 16.0. The Labute approximate surface area is 259 Å². The second-order valence-corrected chi connectivity index (χ2v) is 12.1. The highest BCUT2D eigenvalue weighted by Crippen LogP contribution is 2.33. The number of para-hydroxylation sites is 1. The maximum absolute atomic E-state index is 12.2. The number of aromatic nitrogens is 3. The first-order chi connectivity index (χ1) is 21.2. The van der Waals surface area contributed by atoms with Gasteiger partial charge in [0.15, 0.2) is 0 Å². The molecule has 10 heteroatoms. The second kappa shape index (κ2) is 16.7. The van der Waals surface area contributed by atoms with Gasteiger partial charge in [-0.1, -0.05) is 24.3 Å². The third-order valence-corrected chi connectivity index (χ3v) is 8.63. The first-order valence-corrected chi connectivity index (χ1v) is 16.7. The summed E-state index contributed by atoms with van der Waals surface area (Å²) < 4.78 is 20.4. The number of ether oxygens (including phenoxy) is 2. The molecule has 1 aliphatic carbocycles. The van der Waals surface area contributed by atoms with Crippen LogP contribution in [-0.4, -0.2) is 77.6 Å². The number of hydrogen-bond donors (Lipinski definition) is 2. The van der Waals surface area contributed by atoms with Gasteiger partial charge in [0.2, 0.25) is 5.91 Å². The minimum Gasteiger partial charge on any atom is -0.475 e. The van der Waals surface area contributed by atoms with E-state index in [4.69, 9.17) is 14.5 Å². The maximum Gasteiger partial charge on any atom is 0.253 e. The molecule has 1 amide bonds. The molecule has 2 aromatic heterocycles. The average Bonchev–Trinajstić information content (AvgIpc) is 3.50. The number of fused-ring (bicyclic) bond motifs is 2. The van der Waals surface area contributed by atoms with Crippen LogP contribution in [0.4, 0.5) is 5.69 Å². The molecule has 5 rings (SSSR count). The Morgan fingerprint density at radius 1 is 1.00 bits per heavy atom. The van der Waals surface area contributed by atoms with Crippen molar-refractivity contribution < 1.29 is 14.3 Å². The van der Waals surface area contributed by atoms with E-state index in [2.05, 4.69) is 61.7 Å². The van der Waals surface area contributed by atoms with Crippen LogP contribution in [0.2, 0.25) is 0 Å². The molecule has 1 aliphatic heterocycles. The molecule has 0 spiro atoms. The number of nitrogens with zero attached hydrogens (tertiary/aromatic N) is 4. The maximum atomic E-state index is 12.2. The van der Waals surface area contributed by atoms with Crippen LogP contribution < -0.4 is 15.4 Å². The van der Waals surface area contributed by atoms with Gasteiger partial charge in [-0.2, -0.15) is 4.37 Å². The number of amides is 1. The Hall–Kier alpha value is -3.08. The molecule has 3 aromatic rings. The van der Waals surface area contributed by atoms with Crippen molar-refractivity contribution in [2.45, 2.75) is 70.6 Å². The quantitative estimate of drug-likeness (QED) is 0.190. The summed E-state index contributed by atoms with van der Waals surface area (Å²) >= 11 is 1.20. The Balaban J connectivity index is 0.876. The Morgan fingerprint density at radius 3 is 2.79 bits per heavy atom. The summed E-state index contributed by atoms with van der Waals surface area (Å²) in [4.78, 5) is 19.5. The van der Waals surface area contributed by atoms with Crippen LogP contribution in [0.5, 0.6) is 5.88 Å². The number of carbonyl (C=O) groups excluding carboxylic acids is 1. The summed E-state index contributed by atoms with van der Waals surface area (Å²) in [6.45, 7) is 5.43. The molecule has 0 saturated heterocycles. The van der Waals surface area contributed by atoms with Gasteiger partial charge < -0.3 is 25.0 Å². The van der Waals surface area contributed by atoms with Gasteiger partial charge in [0, 0.05) is 69.0 Å². The van der Waals surface area contributed by atoms with Crippen LogP contribution in [0.1, 0.15) is 74.7 Å². The molecule has 2 aliphatic rings. The van der Waals surface area contributed by atoms with Gasteiger partial charge in [-0.15, -0.1) is 4.37 Å². The fourth-order valence-electron chi connectivity index (χ4n) is 5.81.